The number of hydrogen-bond donors (Lipinski definition) is 0. The summed E-state index contributed by atoms with van der Waals surface area (Å²) in [6.07, 6.45) is 6.45. The fourth-order valence-corrected chi connectivity index (χ4v) is 9.18. The summed E-state index contributed by atoms with van der Waals surface area (Å²) in [7, 11) is 0.490. The summed E-state index contributed by atoms with van der Waals surface area (Å²) < 4.78 is 2.35. The van der Waals surface area contributed by atoms with Gasteiger partial charge in [0.25, 0.3) is 0 Å². The van der Waals surface area contributed by atoms with E-state index in [9.17, 15) is 0 Å². The molecule has 7 aromatic rings. The van der Waals surface area contributed by atoms with Crippen molar-refractivity contribution in [3.8, 4) is 16.9 Å². The van der Waals surface area contributed by atoms with Gasteiger partial charge in [-0.2, -0.15) is 0 Å². The topological polar surface area (TPSA) is 24.3 Å². The van der Waals surface area contributed by atoms with Crippen molar-refractivity contribution in [2.24, 2.45) is 0 Å². The van der Waals surface area contributed by atoms with Crippen molar-refractivity contribution >= 4 is 53.1 Å². The molecule has 0 amide bonds. The van der Waals surface area contributed by atoms with E-state index in [4.69, 9.17) is 4.98 Å². The molecule has 0 spiro atoms. The van der Waals surface area contributed by atoms with Crippen molar-refractivity contribution in [3.63, 3.8) is 0 Å². The minimum absolute atomic E-state index is 0.00114. The first-order valence-electron chi connectivity index (χ1n) is 21.1. The van der Waals surface area contributed by atoms with Crippen LogP contribution in [0.4, 0.5) is 11.4 Å². The zero-order chi connectivity index (χ0) is 42.1. The van der Waals surface area contributed by atoms with E-state index in [1.165, 1.54) is 71.4 Å². The van der Waals surface area contributed by atoms with E-state index in [0.717, 1.165) is 18.1 Å². The van der Waals surface area contributed by atoms with Crippen LogP contribution < -0.4 is 20.2 Å². The van der Waals surface area contributed by atoms with E-state index < -0.39 is 0 Å². The number of para-hydroxylation sites is 1. The Bertz CT molecular complexity index is 2670. The van der Waals surface area contributed by atoms with E-state index in [1.807, 2.05) is 6.20 Å². The summed E-state index contributed by atoms with van der Waals surface area (Å²) in [5.41, 5.74) is 12.9. The first kappa shape index (κ1) is 40.4. The molecule has 2 aromatic heterocycles. The summed E-state index contributed by atoms with van der Waals surface area (Å²) in [5.74, 6) is 0.930. The predicted molar refractivity (Wildman–Crippen MR) is 256 cm³/mol. The SMILES string of the molecule is CC(C)(C)c1ccc(-c2ccnc(-n3c4ccccc4c4ccc([Si]c5cc(N6C=CN(c7cc(C(C)(C)C)cc(C(C)(C)C)c7)C6)cc(C(C)(C)C)c5)cc43)c2)cc1. The second-order valence-electron chi connectivity index (χ2n) is 20.6. The largest absolute Gasteiger partial charge is 0.328 e. The van der Waals surface area contributed by atoms with Gasteiger partial charge in [0.05, 0.1) is 17.7 Å². The van der Waals surface area contributed by atoms with Gasteiger partial charge in [-0.25, -0.2) is 4.98 Å². The highest BCUT2D eigenvalue weighted by Crippen LogP contribution is 2.36. The molecule has 59 heavy (non-hydrogen) atoms. The summed E-state index contributed by atoms with van der Waals surface area (Å²) in [4.78, 5) is 9.78. The van der Waals surface area contributed by atoms with Gasteiger partial charge in [-0.15, -0.1) is 0 Å². The van der Waals surface area contributed by atoms with Gasteiger partial charge >= 0.3 is 0 Å². The predicted octanol–water partition coefficient (Wildman–Crippen LogP) is 12.4. The Morgan fingerprint density at radius 3 is 1.63 bits per heavy atom. The van der Waals surface area contributed by atoms with Crippen LogP contribution in [0.1, 0.15) is 105 Å². The second-order valence-corrected chi connectivity index (χ2v) is 22.0. The van der Waals surface area contributed by atoms with Crippen LogP contribution in [-0.2, 0) is 21.7 Å². The highest BCUT2D eigenvalue weighted by molar-refractivity contribution is 6.67. The molecule has 5 aromatic carbocycles. The summed E-state index contributed by atoms with van der Waals surface area (Å²) in [6.45, 7) is 28.4. The molecule has 8 rings (SSSR count). The molecular formula is C54H60N4Si. The van der Waals surface area contributed by atoms with E-state index in [-0.39, 0.29) is 21.7 Å². The molecule has 0 atom stereocenters. The van der Waals surface area contributed by atoms with E-state index in [0.29, 0.717) is 9.52 Å². The van der Waals surface area contributed by atoms with Gasteiger partial charge in [0.1, 0.15) is 15.3 Å². The number of anilines is 2. The average molecular weight is 793 g/mol. The van der Waals surface area contributed by atoms with E-state index >= 15 is 0 Å². The standard InChI is InChI=1S/C54H60N4Si/c1-51(2,3)38-19-17-36(18-20-38)37-23-24-55-50(27-37)58-48-16-14-13-15-46(48)47-22-21-44(34-49(47)58)59-45-32-41(54(10,11)12)31-43(33-45)57-26-25-56(35-57)42-29-39(52(4,5)6)28-40(30-42)53(7,8)9/h13-34H,35H2,1-12H3. The number of hydrogen-bond acceptors (Lipinski definition) is 3. The number of pyridine rings is 1. The van der Waals surface area contributed by atoms with Crippen LogP contribution in [0.5, 0.6) is 0 Å². The lowest BCUT2D eigenvalue weighted by atomic mass is 9.80. The van der Waals surface area contributed by atoms with E-state index in [1.54, 1.807) is 0 Å². The van der Waals surface area contributed by atoms with Crippen LogP contribution in [0.25, 0.3) is 38.8 Å². The molecule has 1 aliphatic rings. The van der Waals surface area contributed by atoms with Crippen molar-refractivity contribution in [2.75, 3.05) is 16.5 Å². The van der Waals surface area contributed by atoms with Gasteiger partial charge in [-0.05, 0) is 104 Å². The molecule has 1 aliphatic heterocycles. The molecule has 0 N–H and O–H groups in total. The Kier molecular flexibility index (Phi) is 10.1. The summed E-state index contributed by atoms with van der Waals surface area (Å²) in [6, 6.07) is 43.5. The van der Waals surface area contributed by atoms with Crippen LogP contribution in [-0.4, -0.2) is 25.7 Å². The Balaban J connectivity index is 1.14. The second kappa shape index (κ2) is 14.7. The smallest absolute Gasteiger partial charge is 0.138 e. The van der Waals surface area contributed by atoms with Crippen molar-refractivity contribution in [3.05, 3.63) is 156 Å². The zero-order valence-corrected chi connectivity index (χ0v) is 38.2. The van der Waals surface area contributed by atoms with Crippen LogP contribution in [0.2, 0.25) is 0 Å². The summed E-state index contributed by atoms with van der Waals surface area (Å²) in [5, 5.41) is 5.13. The first-order valence-corrected chi connectivity index (χ1v) is 22.1. The molecule has 0 unspecified atom stereocenters. The lowest BCUT2D eigenvalue weighted by Gasteiger charge is -2.29. The monoisotopic (exact) mass is 792 g/mol. The lowest BCUT2D eigenvalue weighted by Crippen LogP contribution is -2.31. The van der Waals surface area contributed by atoms with Crippen LogP contribution in [0.3, 0.4) is 0 Å². The molecule has 0 bridgehead atoms. The highest BCUT2D eigenvalue weighted by Gasteiger charge is 2.25. The van der Waals surface area contributed by atoms with Crippen LogP contribution >= 0.6 is 0 Å². The normalized spacial score (nSPS) is 14.0. The molecule has 4 nitrogen and oxygen atoms in total. The Morgan fingerprint density at radius 2 is 1.02 bits per heavy atom. The number of benzene rings is 5. The number of rotatable bonds is 6. The van der Waals surface area contributed by atoms with Crippen LogP contribution in [0.15, 0.2) is 134 Å². The molecule has 3 heterocycles. The Morgan fingerprint density at radius 1 is 0.458 bits per heavy atom. The maximum absolute atomic E-state index is 4.98. The fourth-order valence-electron chi connectivity index (χ4n) is 8.02. The Hall–Kier alpha value is -5.39. The van der Waals surface area contributed by atoms with Crippen molar-refractivity contribution in [2.45, 2.75) is 105 Å². The third-order valence-electron chi connectivity index (χ3n) is 11.8. The average Bonchev–Trinajstić information content (AvgIpc) is 3.80. The van der Waals surface area contributed by atoms with E-state index in [2.05, 4.69) is 225 Å². The van der Waals surface area contributed by atoms with Crippen LogP contribution in [0, 0.1) is 0 Å². The number of aromatic nitrogens is 2. The van der Waals surface area contributed by atoms with Crippen molar-refractivity contribution in [1.29, 1.82) is 0 Å². The minimum atomic E-state index is 0.00114. The maximum Gasteiger partial charge on any atom is 0.138 e. The van der Waals surface area contributed by atoms with Crippen molar-refractivity contribution < 1.29 is 0 Å². The van der Waals surface area contributed by atoms with Gasteiger partial charge in [0.15, 0.2) is 0 Å². The zero-order valence-electron chi connectivity index (χ0n) is 37.2. The molecular weight excluding hydrogens is 733 g/mol. The number of fused-ring (bicyclic) bond motifs is 3. The quantitative estimate of drug-likeness (QED) is 0.157. The molecule has 0 saturated heterocycles. The Labute approximate surface area is 355 Å². The van der Waals surface area contributed by atoms with Gasteiger partial charge in [0, 0.05) is 40.7 Å². The minimum Gasteiger partial charge on any atom is -0.328 e. The number of nitrogens with zero attached hydrogens (tertiary/aromatic N) is 4. The summed E-state index contributed by atoms with van der Waals surface area (Å²) >= 11 is 0. The van der Waals surface area contributed by atoms with Gasteiger partial charge < -0.3 is 9.80 Å². The molecule has 5 heteroatoms. The maximum atomic E-state index is 4.98. The third-order valence-corrected chi connectivity index (χ3v) is 13.0. The van der Waals surface area contributed by atoms with Gasteiger partial charge in [-0.3, -0.25) is 4.57 Å². The van der Waals surface area contributed by atoms with Gasteiger partial charge in [-0.1, -0.05) is 160 Å². The molecule has 0 aliphatic carbocycles. The van der Waals surface area contributed by atoms with Crippen molar-refractivity contribution in [1.82, 2.24) is 9.55 Å². The van der Waals surface area contributed by atoms with Gasteiger partial charge in [0.2, 0.25) is 0 Å². The molecule has 0 fully saturated rings. The highest BCUT2D eigenvalue weighted by atomic mass is 28.2. The molecule has 300 valence electrons. The third kappa shape index (κ3) is 8.27. The first-order chi connectivity index (χ1) is 27.7. The molecule has 0 saturated carbocycles. The lowest BCUT2D eigenvalue weighted by molar-refractivity contribution is 0.568. The molecule has 2 radical (unpaired) electrons. The fraction of sp³-hybridized carbons (Fsp3) is 0.315.